The van der Waals surface area contributed by atoms with Crippen LogP contribution in [0.1, 0.15) is 44.0 Å². The topological polar surface area (TPSA) is 76.8 Å². The third kappa shape index (κ3) is 4.81. The Morgan fingerprint density at radius 2 is 2.10 bits per heavy atom. The highest BCUT2D eigenvalue weighted by atomic mass is 16.7. The lowest BCUT2D eigenvalue weighted by Crippen LogP contribution is -2.43. The highest BCUT2D eigenvalue weighted by molar-refractivity contribution is 5.80. The molecule has 0 radical (unpaired) electrons. The molecule has 2 heterocycles. The van der Waals surface area contributed by atoms with E-state index in [9.17, 15) is 0 Å². The highest BCUT2D eigenvalue weighted by Crippen LogP contribution is 2.32. The standard InChI is InChI=1S/C21H30N6O2/c1-3-20-25-23-14-27(20)11-10-22-21(24-17-6-4-5-7-17)26(2)13-16-8-9-18-19(12-16)29-15-28-18/h8-9,12,14,17H,3-7,10-11,13,15H2,1-2H3,(H,22,24). The Morgan fingerprint density at radius 3 is 2.93 bits per heavy atom. The highest BCUT2D eigenvalue weighted by Gasteiger charge is 2.19. The van der Waals surface area contributed by atoms with Crippen molar-refractivity contribution < 1.29 is 9.47 Å². The lowest BCUT2D eigenvalue weighted by molar-refractivity contribution is 0.174. The van der Waals surface area contributed by atoms with Crippen molar-refractivity contribution in [1.29, 1.82) is 0 Å². The first kappa shape index (κ1) is 19.5. The number of fused-ring (bicyclic) bond motifs is 1. The van der Waals surface area contributed by atoms with E-state index in [-0.39, 0.29) is 0 Å². The van der Waals surface area contributed by atoms with Crippen molar-refractivity contribution in [3.8, 4) is 11.5 Å². The molecule has 2 aliphatic rings. The van der Waals surface area contributed by atoms with Gasteiger partial charge < -0.3 is 24.3 Å². The van der Waals surface area contributed by atoms with Crippen molar-refractivity contribution in [3.05, 3.63) is 35.9 Å². The van der Waals surface area contributed by atoms with Crippen LogP contribution in [0.5, 0.6) is 11.5 Å². The van der Waals surface area contributed by atoms with Gasteiger partial charge in [-0.05, 0) is 30.5 Å². The Labute approximate surface area is 171 Å². The Hall–Kier alpha value is -2.77. The van der Waals surface area contributed by atoms with Gasteiger partial charge in [-0.25, -0.2) is 0 Å². The van der Waals surface area contributed by atoms with Crippen LogP contribution in [-0.2, 0) is 19.5 Å². The molecular weight excluding hydrogens is 368 g/mol. The minimum absolute atomic E-state index is 0.299. The van der Waals surface area contributed by atoms with Crippen LogP contribution in [0.25, 0.3) is 0 Å². The molecule has 0 amide bonds. The van der Waals surface area contributed by atoms with Gasteiger partial charge in [0.2, 0.25) is 6.79 Å². The fourth-order valence-electron chi connectivity index (χ4n) is 3.92. The number of aryl methyl sites for hydroxylation is 1. The lowest BCUT2D eigenvalue weighted by atomic mass is 10.2. The third-order valence-electron chi connectivity index (χ3n) is 5.52. The summed E-state index contributed by atoms with van der Waals surface area (Å²) in [6.07, 6.45) is 7.66. The van der Waals surface area contributed by atoms with Crippen LogP contribution in [0.4, 0.5) is 0 Å². The zero-order chi connectivity index (χ0) is 20.1. The van der Waals surface area contributed by atoms with E-state index in [4.69, 9.17) is 14.5 Å². The average Bonchev–Trinajstić information content (AvgIpc) is 3.48. The summed E-state index contributed by atoms with van der Waals surface area (Å²) in [4.78, 5) is 7.09. The summed E-state index contributed by atoms with van der Waals surface area (Å²) in [5, 5.41) is 11.8. The normalized spacial score (nSPS) is 16.4. The van der Waals surface area contributed by atoms with Gasteiger partial charge in [-0.2, -0.15) is 0 Å². The van der Waals surface area contributed by atoms with Crippen molar-refractivity contribution >= 4 is 5.96 Å². The fourth-order valence-corrected chi connectivity index (χ4v) is 3.92. The smallest absolute Gasteiger partial charge is 0.231 e. The molecular formula is C21H30N6O2. The molecule has 1 aliphatic heterocycles. The predicted molar refractivity (Wildman–Crippen MR) is 111 cm³/mol. The minimum Gasteiger partial charge on any atom is -0.454 e. The van der Waals surface area contributed by atoms with E-state index >= 15 is 0 Å². The molecule has 0 saturated heterocycles. The molecule has 1 saturated carbocycles. The van der Waals surface area contributed by atoms with Crippen molar-refractivity contribution in [2.24, 2.45) is 4.99 Å². The van der Waals surface area contributed by atoms with Crippen LogP contribution in [0.2, 0.25) is 0 Å². The van der Waals surface area contributed by atoms with Crippen molar-refractivity contribution in [2.75, 3.05) is 20.4 Å². The first-order chi connectivity index (χ1) is 14.2. The quantitative estimate of drug-likeness (QED) is 0.571. The van der Waals surface area contributed by atoms with Gasteiger partial charge in [0.15, 0.2) is 17.5 Å². The number of hydrogen-bond acceptors (Lipinski definition) is 5. The van der Waals surface area contributed by atoms with Crippen LogP contribution in [0.3, 0.4) is 0 Å². The monoisotopic (exact) mass is 398 g/mol. The van der Waals surface area contributed by atoms with Crippen LogP contribution < -0.4 is 14.8 Å². The van der Waals surface area contributed by atoms with Gasteiger partial charge in [0.05, 0.1) is 6.54 Å². The summed E-state index contributed by atoms with van der Waals surface area (Å²) in [6.45, 7) is 4.61. The molecule has 1 aliphatic carbocycles. The number of benzene rings is 1. The van der Waals surface area contributed by atoms with Gasteiger partial charge in [0, 0.05) is 32.6 Å². The Kier molecular flexibility index (Phi) is 6.17. The van der Waals surface area contributed by atoms with Crippen LogP contribution in [-0.4, -0.2) is 52.1 Å². The molecule has 8 nitrogen and oxygen atoms in total. The molecule has 0 unspecified atom stereocenters. The molecule has 1 fully saturated rings. The van der Waals surface area contributed by atoms with Gasteiger partial charge in [0.1, 0.15) is 12.2 Å². The van der Waals surface area contributed by atoms with Gasteiger partial charge >= 0.3 is 0 Å². The van der Waals surface area contributed by atoms with E-state index in [1.165, 1.54) is 31.2 Å². The number of ether oxygens (including phenoxy) is 2. The van der Waals surface area contributed by atoms with E-state index in [2.05, 4.69) is 51.1 Å². The second-order valence-electron chi connectivity index (χ2n) is 7.67. The summed E-state index contributed by atoms with van der Waals surface area (Å²) >= 11 is 0. The Bertz CT molecular complexity index is 843. The van der Waals surface area contributed by atoms with E-state index in [1.807, 2.05) is 6.07 Å². The van der Waals surface area contributed by atoms with Gasteiger partial charge in [-0.15, -0.1) is 10.2 Å². The summed E-state index contributed by atoms with van der Waals surface area (Å²) in [5.41, 5.74) is 1.17. The zero-order valence-corrected chi connectivity index (χ0v) is 17.3. The van der Waals surface area contributed by atoms with Crippen LogP contribution in [0.15, 0.2) is 29.5 Å². The first-order valence-electron chi connectivity index (χ1n) is 10.5. The molecule has 4 rings (SSSR count). The van der Waals surface area contributed by atoms with E-state index in [1.54, 1.807) is 6.33 Å². The molecule has 156 valence electrons. The summed E-state index contributed by atoms with van der Waals surface area (Å²) < 4.78 is 13.0. The van der Waals surface area contributed by atoms with E-state index < -0.39 is 0 Å². The maximum absolute atomic E-state index is 5.52. The number of guanidine groups is 1. The largest absolute Gasteiger partial charge is 0.454 e. The lowest BCUT2D eigenvalue weighted by Gasteiger charge is -2.25. The maximum atomic E-state index is 5.52. The van der Waals surface area contributed by atoms with E-state index in [0.717, 1.165) is 42.8 Å². The number of aliphatic imine (C=N–C) groups is 1. The van der Waals surface area contributed by atoms with E-state index in [0.29, 0.717) is 19.4 Å². The van der Waals surface area contributed by atoms with Crippen molar-refractivity contribution in [3.63, 3.8) is 0 Å². The number of rotatable bonds is 7. The van der Waals surface area contributed by atoms with Crippen LogP contribution >= 0.6 is 0 Å². The van der Waals surface area contributed by atoms with Gasteiger partial charge in [-0.3, -0.25) is 4.99 Å². The number of nitrogens with zero attached hydrogens (tertiary/aromatic N) is 5. The Morgan fingerprint density at radius 1 is 1.28 bits per heavy atom. The Balaban J connectivity index is 1.43. The fraction of sp³-hybridized carbons (Fsp3) is 0.571. The zero-order valence-electron chi connectivity index (χ0n) is 17.3. The van der Waals surface area contributed by atoms with Crippen LogP contribution in [0, 0.1) is 0 Å². The second kappa shape index (κ2) is 9.15. The average molecular weight is 399 g/mol. The van der Waals surface area contributed by atoms with Gasteiger partial charge in [0.25, 0.3) is 0 Å². The molecule has 0 spiro atoms. The molecule has 1 aromatic carbocycles. The molecule has 29 heavy (non-hydrogen) atoms. The van der Waals surface area contributed by atoms with Crippen molar-refractivity contribution in [1.82, 2.24) is 25.0 Å². The maximum Gasteiger partial charge on any atom is 0.231 e. The molecule has 1 N–H and O–H groups in total. The molecule has 0 bridgehead atoms. The summed E-state index contributed by atoms with van der Waals surface area (Å²) in [6, 6.07) is 6.62. The number of aromatic nitrogens is 3. The first-order valence-corrected chi connectivity index (χ1v) is 10.5. The molecule has 0 atom stereocenters. The number of hydrogen-bond donors (Lipinski definition) is 1. The van der Waals surface area contributed by atoms with Crippen molar-refractivity contribution in [2.45, 2.75) is 58.2 Å². The van der Waals surface area contributed by atoms with Gasteiger partial charge in [-0.1, -0.05) is 25.8 Å². The minimum atomic E-state index is 0.299. The predicted octanol–water partition coefficient (Wildman–Crippen LogP) is 2.59. The summed E-state index contributed by atoms with van der Waals surface area (Å²) in [5.74, 6) is 3.58. The molecule has 1 aromatic heterocycles. The number of nitrogens with one attached hydrogen (secondary N) is 1. The second-order valence-corrected chi connectivity index (χ2v) is 7.67. The molecule has 8 heteroatoms. The SMILES string of the molecule is CCc1nncn1CCN=C(NC1CCCC1)N(C)Cc1ccc2c(c1)OCO2. The third-order valence-corrected chi connectivity index (χ3v) is 5.52. The molecule has 2 aromatic rings. The summed E-state index contributed by atoms with van der Waals surface area (Å²) in [7, 11) is 2.08.